The molecule has 0 aliphatic heterocycles. The smallest absolute Gasteiger partial charge is 0.350 e. The predicted octanol–water partition coefficient (Wildman–Crippen LogP) is 4.35. The second-order valence-corrected chi connectivity index (χ2v) is 6.98. The lowest BCUT2D eigenvalue weighted by molar-refractivity contribution is -0.137. The third kappa shape index (κ3) is 4.73. The molecule has 0 saturated carbocycles. The number of aromatic nitrogens is 2. The van der Waals surface area contributed by atoms with Gasteiger partial charge in [0.05, 0.1) is 22.5 Å². The minimum atomic E-state index is -4.45. The SMILES string of the molecule is CC(NC(=O)CCn1c(=S)[nH]c2ccccc2c1=O)c1cccc(C(F)(F)F)c1. The molecule has 1 heterocycles. The summed E-state index contributed by atoms with van der Waals surface area (Å²) in [6, 6.07) is 11.1. The first-order valence-corrected chi connectivity index (χ1v) is 9.26. The number of carbonyl (C=O) groups is 1. The van der Waals surface area contributed by atoms with E-state index < -0.39 is 23.7 Å². The molecule has 1 amide bonds. The molecule has 1 atom stereocenters. The number of fused-ring (bicyclic) bond motifs is 1. The zero-order valence-electron chi connectivity index (χ0n) is 15.4. The Morgan fingerprint density at radius 2 is 1.93 bits per heavy atom. The van der Waals surface area contributed by atoms with Crippen molar-refractivity contribution in [1.82, 2.24) is 14.9 Å². The van der Waals surface area contributed by atoms with Crippen molar-refractivity contribution in [2.24, 2.45) is 0 Å². The van der Waals surface area contributed by atoms with Crippen molar-refractivity contribution in [2.45, 2.75) is 32.1 Å². The average Bonchev–Trinajstić information content (AvgIpc) is 2.67. The monoisotopic (exact) mass is 421 g/mol. The summed E-state index contributed by atoms with van der Waals surface area (Å²) in [5.74, 6) is -0.399. The third-order valence-corrected chi connectivity index (χ3v) is 4.87. The van der Waals surface area contributed by atoms with E-state index in [1.54, 1.807) is 31.2 Å². The maximum Gasteiger partial charge on any atom is 0.416 e. The van der Waals surface area contributed by atoms with Gasteiger partial charge < -0.3 is 10.3 Å². The molecular weight excluding hydrogens is 403 g/mol. The number of rotatable bonds is 5. The Labute approximate surface area is 169 Å². The number of alkyl halides is 3. The molecule has 5 nitrogen and oxygen atoms in total. The topological polar surface area (TPSA) is 66.9 Å². The maximum absolute atomic E-state index is 12.9. The van der Waals surface area contributed by atoms with Crippen molar-refractivity contribution in [2.75, 3.05) is 0 Å². The number of para-hydroxylation sites is 1. The lowest BCUT2D eigenvalue weighted by Crippen LogP contribution is -2.30. The molecule has 0 bridgehead atoms. The van der Waals surface area contributed by atoms with Gasteiger partial charge in [-0.25, -0.2) is 0 Å². The van der Waals surface area contributed by atoms with E-state index in [4.69, 9.17) is 12.2 Å². The fraction of sp³-hybridized carbons (Fsp3) is 0.250. The zero-order chi connectivity index (χ0) is 21.2. The van der Waals surface area contributed by atoms with Gasteiger partial charge in [0, 0.05) is 13.0 Å². The van der Waals surface area contributed by atoms with Crippen LogP contribution in [0.15, 0.2) is 53.3 Å². The Morgan fingerprint density at radius 1 is 1.21 bits per heavy atom. The highest BCUT2D eigenvalue weighted by Crippen LogP contribution is 2.30. The summed E-state index contributed by atoms with van der Waals surface area (Å²) in [5.41, 5.74) is -0.122. The van der Waals surface area contributed by atoms with Gasteiger partial charge in [0.1, 0.15) is 0 Å². The van der Waals surface area contributed by atoms with Crippen molar-refractivity contribution < 1.29 is 18.0 Å². The predicted molar refractivity (Wildman–Crippen MR) is 106 cm³/mol. The van der Waals surface area contributed by atoms with Crippen LogP contribution in [-0.4, -0.2) is 15.5 Å². The van der Waals surface area contributed by atoms with E-state index in [0.717, 1.165) is 12.1 Å². The maximum atomic E-state index is 12.9. The van der Waals surface area contributed by atoms with Crippen LogP contribution in [-0.2, 0) is 17.5 Å². The number of benzene rings is 2. The summed E-state index contributed by atoms with van der Waals surface area (Å²) in [6.45, 7) is 1.65. The zero-order valence-corrected chi connectivity index (χ0v) is 16.2. The van der Waals surface area contributed by atoms with Gasteiger partial charge >= 0.3 is 6.18 Å². The first kappa shape index (κ1) is 20.8. The largest absolute Gasteiger partial charge is 0.416 e. The van der Waals surface area contributed by atoms with Crippen LogP contribution in [0, 0.1) is 4.77 Å². The van der Waals surface area contributed by atoms with Crippen LogP contribution in [0.5, 0.6) is 0 Å². The molecule has 152 valence electrons. The minimum Gasteiger partial charge on any atom is -0.350 e. The molecule has 0 radical (unpaired) electrons. The number of amides is 1. The molecule has 3 rings (SSSR count). The van der Waals surface area contributed by atoms with Crippen molar-refractivity contribution in [3.8, 4) is 0 Å². The van der Waals surface area contributed by atoms with Crippen LogP contribution < -0.4 is 10.9 Å². The van der Waals surface area contributed by atoms with E-state index in [9.17, 15) is 22.8 Å². The Kier molecular flexibility index (Phi) is 5.88. The molecule has 0 fully saturated rings. The fourth-order valence-corrected chi connectivity index (χ4v) is 3.28. The molecule has 9 heteroatoms. The first-order chi connectivity index (χ1) is 13.7. The van der Waals surface area contributed by atoms with Crippen LogP contribution in [0.2, 0.25) is 0 Å². The average molecular weight is 421 g/mol. The van der Waals surface area contributed by atoms with Crippen molar-refractivity contribution in [1.29, 1.82) is 0 Å². The van der Waals surface area contributed by atoms with E-state index in [1.807, 2.05) is 0 Å². The van der Waals surface area contributed by atoms with E-state index in [2.05, 4.69) is 10.3 Å². The molecule has 29 heavy (non-hydrogen) atoms. The number of hydrogen-bond donors (Lipinski definition) is 2. The number of halogens is 3. The van der Waals surface area contributed by atoms with Crippen LogP contribution in [0.25, 0.3) is 10.9 Å². The van der Waals surface area contributed by atoms with E-state index >= 15 is 0 Å². The van der Waals surface area contributed by atoms with Gasteiger partial charge in [0.15, 0.2) is 4.77 Å². The van der Waals surface area contributed by atoms with Gasteiger partial charge in [-0.2, -0.15) is 13.2 Å². The van der Waals surface area contributed by atoms with Crippen LogP contribution in [0.4, 0.5) is 13.2 Å². The van der Waals surface area contributed by atoms with E-state index in [1.165, 1.54) is 16.7 Å². The van der Waals surface area contributed by atoms with E-state index in [-0.39, 0.29) is 23.3 Å². The highest BCUT2D eigenvalue weighted by molar-refractivity contribution is 7.71. The Balaban J connectivity index is 1.70. The Hall–Kier alpha value is -2.94. The third-order valence-electron chi connectivity index (χ3n) is 4.54. The standard InChI is InChI=1S/C20H18F3N3O2S/c1-12(13-5-4-6-14(11-13)20(21,22)23)24-17(27)9-10-26-18(28)15-7-2-3-8-16(15)25-19(26)29/h2-8,11-12H,9-10H2,1H3,(H,24,27)(H,25,29). The summed E-state index contributed by atoms with van der Waals surface area (Å²) in [5, 5.41) is 3.11. The lowest BCUT2D eigenvalue weighted by atomic mass is 10.0. The summed E-state index contributed by atoms with van der Waals surface area (Å²) >= 11 is 5.20. The second kappa shape index (κ2) is 8.20. The first-order valence-electron chi connectivity index (χ1n) is 8.85. The number of carbonyl (C=O) groups excluding carboxylic acids is 1. The highest BCUT2D eigenvalue weighted by atomic mass is 32.1. The van der Waals surface area contributed by atoms with Gasteiger partial charge in [-0.3, -0.25) is 14.2 Å². The Bertz CT molecular complexity index is 1170. The summed E-state index contributed by atoms with van der Waals surface area (Å²) in [4.78, 5) is 27.8. The number of nitrogens with one attached hydrogen (secondary N) is 2. The quantitative estimate of drug-likeness (QED) is 0.602. The highest BCUT2D eigenvalue weighted by Gasteiger charge is 2.30. The van der Waals surface area contributed by atoms with Crippen LogP contribution in [0.3, 0.4) is 0 Å². The van der Waals surface area contributed by atoms with Gasteiger partial charge in [-0.15, -0.1) is 0 Å². The van der Waals surface area contributed by atoms with E-state index in [0.29, 0.717) is 16.5 Å². The second-order valence-electron chi connectivity index (χ2n) is 6.59. The normalized spacial score (nSPS) is 12.7. The van der Waals surface area contributed by atoms with Gasteiger partial charge in [-0.05, 0) is 49.0 Å². The van der Waals surface area contributed by atoms with Crippen molar-refractivity contribution in [3.63, 3.8) is 0 Å². The number of nitrogens with zero attached hydrogens (tertiary/aromatic N) is 1. The molecule has 2 aromatic carbocycles. The molecule has 0 aliphatic rings. The Morgan fingerprint density at radius 3 is 2.66 bits per heavy atom. The molecule has 0 saturated heterocycles. The molecule has 1 unspecified atom stereocenters. The number of H-pyrrole nitrogens is 1. The number of aromatic amines is 1. The van der Waals surface area contributed by atoms with Gasteiger partial charge in [0.2, 0.25) is 5.91 Å². The molecule has 0 aliphatic carbocycles. The molecular formula is C20H18F3N3O2S. The number of hydrogen-bond acceptors (Lipinski definition) is 3. The molecule has 0 spiro atoms. The van der Waals surface area contributed by atoms with Crippen LogP contribution in [0.1, 0.15) is 30.5 Å². The summed E-state index contributed by atoms with van der Waals surface area (Å²) in [6.07, 6.45) is -4.49. The van der Waals surface area contributed by atoms with Crippen molar-refractivity contribution in [3.05, 3.63) is 74.8 Å². The van der Waals surface area contributed by atoms with Crippen LogP contribution >= 0.6 is 12.2 Å². The van der Waals surface area contributed by atoms with Gasteiger partial charge in [-0.1, -0.05) is 24.3 Å². The fourth-order valence-electron chi connectivity index (χ4n) is 3.00. The summed E-state index contributed by atoms with van der Waals surface area (Å²) < 4.78 is 40.1. The minimum absolute atomic E-state index is 0.0426. The summed E-state index contributed by atoms with van der Waals surface area (Å²) in [7, 11) is 0. The van der Waals surface area contributed by atoms with Crippen molar-refractivity contribution >= 4 is 29.0 Å². The lowest BCUT2D eigenvalue weighted by Gasteiger charge is -2.16. The molecule has 3 aromatic rings. The molecule has 1 aromatic heterocycles. The van der Waals surface area contributed by atoms with Gasteiger partial charge in [0.25, 0.3) is 5.56 Å². The molecule has 2 N–H and O–H groups in total.